The summed E-state index contributed by atoms with van der Waals surface area (Å²) in [5, 5.41) is 4.34. The molecular weight excluding hydrogens is 446 g/mol. The lowest BCUT2D eigenvalue weighted by molar-refractivity contribution is 0.0737. The van der Waals surface area contributed by atoms with Crippen LogP contribution < -0.4 is 5.32 Å². The zero-order valence-electron chi connectivity index (χ0n) is 20.0. The second-order valence-corrected chi connectivity index (χ2v) is 9.60. The number of carbonyl (C=O) groups excluding carboxylic acids is 1. The second kappa shape index (κ2) is 10.8. The van der Waals surface area contributed by atoms with Crippen molar-refractivity contribution < 1.29 is 13.6 Å². The first kappa shape index (κ1) is 23.8. The molecule has 35 heavy (non-hydrogen) atoms. The number of fused-ring (bicyclic) bond motifs is 1. The molecule has 2 aromatic carbocycles. The van der Waals surface area contributed by atoms with E-state index >= 15 is 0 Å². The van der Waals surface area contributed by atoms with Crippen molar-refractivity contribution >= 4 is 16.8 Å². The number of pyridine rings is 1. The Morgan fingerprint density at radius 1 is 0.971 bits per heavy atom. The molecule has 1 aromatic heterocycles. The van der Waals surface area contributed by atoms with Crippen molar-refractivity contribution in [3.05, 3.63) is 65.7 Å². The quantitative estimate of drug-likeness (QED) is 0.493. The van der Waals surface area contributed by atoms with Gasteiger partial charge in [0.15, 0.2) is 11.6 Å². The van der Waals surface area contributed by atoms with Gasteiger partial charge in [0, 0.05) is 43.2 Å². The van der Waals surface area contributed by atoms with E-state index in [0.717, 1.165) is 50.0 Å². The van der Waals surface area contributed by atoms with Gasteiger partial charge in [-0.15, -0.1) is 0 Å². The number of aromatic nitrogens is 1. The van der Waals surface area contributed by atoms with E-state index in [-0.39, 0.29) is 11.9 Å². The third-order valence-electron chi connectivity index (χ3n) is 7.23. The van der Waals surface area contributed by atoms with Crippen molar-refractivity contribution in [2.45, 2.75) is 38.1 Å². The van der Waals surface area contributed by atoms with Crippen LogP contribution in [0.1, 0.15) is 42.5 Å². The molecule has 2 aliphatic heterocycles. The van der Waals surface area contributed by atoms with Crippen molar-refractivity contribution in [1.82, 2.24) is 20.1 Å². The molecule has 0 saturated carbocycles. The highest BCUT2D eigenvalue weighted by atomic mass is 19.2. The summed E-state index contributed by atoms with van der Waals surface area (Å²) in [5.41, 5.74) is 2.12. The molecule has 0 aliphatic carbocycles. The molecule has 184 valence electrons. The van der Waals surface area contributed by atoms with Crippen molar-refractivity contribution in [3.63, 3.8) is 0 Å². The third-order valence-corrected chi connectivity index (χ3v) is 7.23. The van der Waals surface area contributed by atoms with E-state index in [1.165, 1.54) is 38.4 Å². The van der Waals surface area contributed by atoms with E-state index in [4.69, 9.17) is 0 Å². The molecule has 2 aliphatic rings. The van der Waals surface area contributed by atoms with Gasteiger partial charge in [0.1, 0.15) is 0 Å². The number of likely N-dealkylation sites (tertiary alicyclic amines) is 2. The molecule has 0 bridgehead atoms. The summed E-state index contributed by atoms with van der Waals surface area (Å²) >= 11 is 0. The van der Waals surface area contributed by atoms with Crippen LogP contribution >= 0.6 is 0 Å². The number of amides is 1. The lowest BCUT2D eigenvalue weighted by Gasteiger charge is -2.28. The first-order valence-corrected chi connectivity index (χ1v) is 12.7. The average molecular weight is 479 g/mol. The molecule has 1 unspecified atom stereocenters. The summed E-state index contributed by atoms with van der Waals surface area (Å²) in [5.74, 6) is -1.87. The summed E-state index contributed by atoms with van der Waals surface area (Å²) < 4.78 is 27.4. The molecule has 5 nitrogen and oxygen atoms in total. The zero-order valence-corrected chi connectivity index (χ0v) is 20.0. The number of carbonyl (C=O) groups is 1. The Morgan fingerprint density at radius 3 is 2.63 bits per heavy atom. The van der Waals surface area contributed by atoms with Gasteiger partial charge in [-0.1, -0.05) is 24.6 Å². The maximum absolute atomic E-state index is 13.9. The first-order valence-electron chi connectivity index (χ1n) is 12.7. The normalized spacial score (nSPS) is 18.9. The van der Waals surface area contributed by atoms with Gasteiger partial charge >= 0.3 is 0 Å². The van der Waals surface area contributed by atoms with Gasteiger partial charge < -0.3 is 15.1 Å². The van der Waals surface area contributed by atoms with Crippen molar-refractivity contribution in [3.8, 4) is 11.3 Å². The van der Waals surface area contributed by atoms with Crippen LogP contribution in [0, 0.1) is 11.6 Å². The number of benzene rings is 2. The number of nitrogens with one attached hydrogen (secondary N) is 1. The van der Waals surface area contributed by atoms with E-state index in [2.05, 4.69) is 15.2 Å². The summed E-state index contributed by atoms with van der Waals surface area (Å²) in [4.78, 5) is 22.9. The smallest absolute Gasteiger partial charge is 0.254 e. The number of nitrogens with zero attached hydrogens (tertiary/aromatic N) is 3. The fourth-order valence-corrected chi connectivity index (χ4v) is 5.31. The Hall–Kier alpha value is -2.90. The number of halogens is 2. The standard InChI is InChI=1S/C28H32F2N4O/c29-24-11-10-20(17-25(24)30)27-18-23(22-8-2-3-9-26(22)32-27)28(35)34-15-6-7-21(34)19-31-12-16-33-13-4-1-5-14-33/h2-3,8-11,17-18,21,31H,1,4-7,12-16,19H2. The fraction of sp³-hybridized carbons (Fsp3) is 0.429. The summed E-state index contributed by atoms with van der Waals surface area (Å²) in [7, 11) is 0. The number of para-hydroxylation sites is 1. The topological polar surface area (TPSA) is 48.5 Å². The summed E-state index contributed by atoms with van der Waals surface area (Å²) in [6.07, 6.45) is 5.87. The maximum atomic E-state index is 13.9. The molecule has 2 fully saturated rings. The highest BCUT2D eigenvalue weighted by molar-refractivity contribution is 6.07. The van der Waals surface area contributed by atoms with Crippen LogP contribution in [-0.2, 0) is 0 Å². The minimum absolute atomic E-state index is 0.0345. The molecule has 7 heteroatoms. The molecule has 5 rings (SSSR count). The Bertz CT molecular complexity index is 1190. The minimum atomic E-state index is -0.930. The molecule has 1 atom stereocenters. The highest BCUT2D eigenvalue weighted by Crippen LogP contribution is 2.29. The Morgan fingerprint density at radius 2 is 1.80 bits per heavy atom. The summed E-state index contributed by atoms with van der Waals surface area (Å²) in [6, 6.07) is 13.1. The van der Waals surface area contributed by atoms with Gasteiger partial charge in [0.2, 0.25) is 0 Å². The van der Waals surface area contributed by atoms with Crippen LogP contribution in [0.25, 0.3) is 22.2 Å². The van der Waals surface area contributed by atoms with Crippen LogP contribution in [0.3, 0.4) is 0 Å². The first-order chi connectivity index (χ1) is 17.1. The largest absolute Gasteiger partial charge is 0.334 e. The maximum Gasteiger partial charge on any atom is 0.254 e. The number of hydrogen-bond acceptors (Lipinski definition) is 4. The molecule has 0 radical (unpaired) electrons. The predicted molar refractivity (Wildman–Crippen MR) is 134 cm³/mol. The van der Waals surface area contributed by atoms with Gasteiger partial charge in [-0.25, -0.2) is 13.8 Å². The Kier molecular flexibility index (Phi) is 7.35. The zero-order chi connectivity index (χ0) is 24.2. The van der Waals surface area contributed by atoms with E-state index in [1.807, 2.05) is 29.2 Å². The highest BCUT2D eigenvalue weighted by Gasteiger charge is 2.30. The molecule has 3 heterocycles. The van der Waals surface area contributed by atoms with Crippen molar-refractivity contribution in [2.75, 3.05) is 39.3 Å². The van der Waals surface area contributed by atoms with Crippen LogP contribution in [-0.4, -0.2) is 66.0 Å². The predicted octanol–water partition coefficient (Wildman–Crippen LogP) is 4.86. The SMILES string of the molecule is O=C(c1cc(-c2ccc(F)c(F)c2)nc2ccccc12)N1CCCC1CNCCN1CCCCC1. The van der Waals surface area contributed by atoms with E-state index < -0.39 is 11.6 Å². The monoisotopic (exact) mass is 478 g/mol. The van der Waals surface area contributed by atoms with Gasteiger partial charge in [-0.2, -0.15) is 0 Å². The van der Waals surface area contributed by atoms with Gasteiger partial charge in [-0.05, 0) is 69.1 Å². The molecule has 1 amide bonds. The number of hydrogen-bond donors (Lipinski definition) is 1. The molecule has 0 spiro atoms. The van der Waals surface area contributed by atoms with E-state index in [1.54, 1.807) is 6.07 Å². The van der Waals surface area contributed by atoms with Crippen molar-refractivity contribution in [1.29, 1.82) is 0 Å². The average Bonchev–Trinajstić information content (AvgIpc) is 3.36. The fourth-order valence-electron chi connectivity index (χ4n) is 5.31. The summed E-state index contributed by atoms with van der Waals surface area (Å²) in [6.45, 7) is 5.84. The molecular formula is C28H32F2N4O. The van der Waals surface area contributed by atoms with Gasteiger partial charge in [0.05, 0.1) is 16.8 Å². The van der Waals surface area contributed by atoms with Crippen LogP contribution in [0.15, 0.2) is 48.5 Å². The Balaban J connectivity index is 1.34. The minimum Gasteiger partial charge on any atom is -0.334 e. The van der Waals surface area contributed by atoms with Gasteiger partial charge in [0.25, 0.3) is 5.91 Å². The second-order valence-electron chi connectivity index (χ2n) is 9.60. The molecule has 3 aromatic rings. The lowest BCUT2D eigenvalue weighted by Crippen LogP contribution is -2.43. The van der Waals surface area contributed by atoms with Crippen LogP contribution in [0.2, 0.25) is 0 Å². The third kappa shape index (κ3) is 5.36. The van der Waals surface area contributed by atoms with Crippen LogP contribution in [0.4, 0.5) is 8.78 Å². The molecule has 1 N–H and O–H groups in total. The molecule has 2 saturated heterocycles. The lowest BCUT2D eigenvalue weighted by atomic mass is 10.0. The van der Waals surface area contributed by atoms with E-state index in [0.29, 0.717) is 28.9 Å². The van der Waals surface area contributed by atoms with Gasteiger partial charge in [-0.3, -0.25) is 4.79 Å². The number of rotatable bonds is 7. The van der Waals surface area contributed by atoms with Crippen LogP contribution in [0.5, 0.6) is 0 Å². The van der Waals surface area contributed by atoms with Crippen molar-refractivity contribution in [2.24, 2.45) is 0 Å². The van der Waals surface area contributed by atoms with E-state index in [9.17, 15) is 13.6 Å². The number of piperidine rings is 1. The Labute approximate surface area is 205 Å².